The summed E-state index contributed by atoms with van der Waals surface area (Å²) < 4.78 is 10.4. The monoisotopic (exact) mass is 238 g/mol. The van der Waals surface area contributed by atoms with Crippen LogP contribution in [-0.4, -0.2) is 35.8 Å². The average Bonchev–Trinajstić information content (AvgIpc) is 2.77. The molecule has 3 unspecified atom stereocenters. The average molecular weight is 238 g/mol. The maximum Gasteiger partial charge on any atom is 0.159 e. The molecule has 1 heterocycles. The van der Waals surface area contributed by atoms with Crippen molar-refractivity contribution in [3.8, 4) is 0 Å². The van der Waals surface area contributed by atoms with Crippen molar-refractivity contribution in [2.45, 2.75) is 25.4 Å². The zero-order chi connectivity index (χ0) is 12.1. The van der Waals surface area contributed by atoms with E-state index in [9.17, 15) is 10.2 Å². The zero-order valence-corrected chi connectivity index (χ0v) is 9.66. The van der Waals surface area contributed by atoms with E-state index in [2.05, 4.69) is 0 Å². The first kappa shape index (κ1) is 12.5. The molecular formula is C13H18O4. The minimum absolute atomic E-state index is 0.222. The number of rotatable bonds is 5. The van der Waals surface area contributed by atoms with E-state index < -0.39 is 12.4 Å². The van der Waals surface area contributed by atoms with Crippen molar-refractivity contribution in [1.29, 1.82) is 0 Å². The van der Waals surface area contributed by atoms with Gasteiger partial charge in [0, 0.05) is 5.92 Å². The number of hydrogen-bond donors (Lipinski definition) is 2. The number of aliphatic hydroxyl groups is 2. The van der Waals surface area contributed by atoms with Gasteiger partial charge in [-0.2, -0.15) is 0 Å². The van der Waals surface area contributed by atoms with Gasteiger partial charge in [0.05, 0.1) is 25.9 Å². The Bertz CT molecular complexity index is 327. The molecule has 1 aromatic carbocycles. The van der Waals surface area contributed by atoms with Gasteiger partial charge in [-0.25, -0.2) is 0 Å². The van der Waals surface area contributed by atoms with Crippen LogP contribution in [0, 0.1) is 5.92 Å². The Balaban J connectivity index is 1.71. The first-order valence-corrected chi connectivity index (χ1v) is 5.87. The molecular weight excluding hydrogens is 220 g/mol. The molecule has 94 valence electrons. The maximum atomic E-state index is 9.83. The molecule has 17 heavy (non-hydrogen) atoms. The Labute approximate surface area is 101 Å². The number of aliphatic hydroxyl groups excluding tert-OH is 2. The fourth-order valence-corrected chi connectivity index (χ4v) is 1.97. The van der Waals surface area contributed by atoms with Gasteiger partial charge < -0.3 is 19.7 Å². The van der Waals surface area contributed by atoms with Gasteiger partial charge in [-0.05, 0) is 12.0 Å². The van der Waals surface area contributed by atoms with E-state index in [1.54, 1.807) is 0 Å². The van der Waals surface area contributed by atoms with E-state index in [0.29, 0.717) is 19.6 Å². The van der Waals surface area contributed by atoms with Gasteiger partial charge in [0.25, 0.3) is 0 Å². The van der Waals surface area contributed by atoms with E-state index in [-0.39, 0.29) is 12.5 Å². The minimum atomic E-state index is -0.856. The number of benzene rings is 1. The van der Waals surface area contributed by atoms with Crippen LogP contribution in [0.15, 0.2) is 30.3 Å². The fourth-order valence-electron chi connectivity index (χ4n) is 1.97. The van der Waals surface area contributed by atoms with Crippen LogP contribution in [0.3, 0.4) is 0 Å². The van der Waals surface area contributed by atoms with E-state index in [4.69, 9.17) is 9.47 Å². The minimum Gasteiger partial charge on any atom is -0.390 e. The molecule has 2 N–H and O–H groups in total. The molecule has 0 saturated carbocycles. The second-order valence-electron chi connectivity index (χ2n) is 4.28. The molecule has 3 atom stereocenters. The van der Waals surface area contributed by atoms with Crippen LogP contribution in [0.4, 0.5) is 0 Å². The lowest BCUT2D eigenvalue weighted by atomic mass is 10.0. The summed E-state index contributed by atoms with van der Waals surface area (Å²) >= 11 is 0. The summed E-state index contributed by atoms with van der Waals surface area (Å²) in [7, 11) is 0. The summed E-state index contributed by atoms with van der Waals surface area (Å²) in [5.41, 5.74) is 1.07. The van der Waals surface area contributed by atoms with Crippen LogP contribution < -0.4 is 0 Å². The third kappa shape index (κ3) is 3.51. The van der Waals surface area contributed by atoms with Gasteiger partial charge in [0.1, 0.15) is 0 Å². The second kappa shape index (κ2) is 6.12. The number of hydrogen-bond acceptors (Lipinski definition) is 4. The summed E-state index contributed by atoms with van der Waals surface area (Å²) in [6, 6.07) is 9.79. The lowest BCUT2D eigenvalue weighted by Gasteiger charge is -2.19. The molecule has 1 aromatic rings. The summed E-state index contributed by atoms with van der Waals surface area (Å²) in [6.07, 6.45) is -0.849. The summed E-state index contributed by atoms with van der Waals surface area (Å²) in [5.74, 6) is -0.231. The van der Waals surface area contributed by atoms with Crippen molar-refractivity contribution in [2.24, 2.45) is 5.92 Å². The highest BCUT2D eigenvalue weighted by Gasteiger charge is 2.32. The molecule has 0 aliphatic carbocycles. The topological polar surface area (TPSA) is 58.9 Å². The third-order valence-corrected chi connectivity index (χ3v) is 3.00. The van der Waals surface area contributed by atoms with Crippen LogP contribution in [0.1, 0.15) is 12.0 Å². The highest BCUT2D eigenvalue weighted by Crippen LogP contribution is 2.22. The van der Waals surface area contributed by atoms with Crippen LogP contribution in [0.25, 0.3) is 0 Å². The Morgan fingerprint density at radius 2 is 2.12 bits per heavy atom. The van der Waals surface area contributed by atoms with E-state index in [0.717, 1.165) is 5.56 Å². The summed E-state index contributed by atoms with van der Waals surface area (Å²) in [4.78, 5) is 0. The van der Waals surface area contributed by atoms with Gasteiger partial charge >= 0.3 is 0 Å². The van der Waals surface area contributed by atoms with Gasteiger partial charge in [-0.1, -0.05) is 30.3 Å². The van der Waals surface area contributed by atoms with Gasteiger partial charge in [0.2, 0.25) is 0 Å². The predicted octanol–water partition coefficient (Wildman–Crippen LogP) is 0.919. The fraction of sp³-hybridized carbons (Fsp3) is 0.538. The van der Waals surface area contributed by atoms with Crippen LogP contribution in [-0.2, 0) is 16.1 Å². The lowest BCUT2D eigenvalue weighted by molar-refractivity contribution is -0.117. The first-order chi connectivity index (χ1) is 8.27. The van der Waals surface area contributed by atoms with Gasteiger partial charge in [-0.15, -0.1) is 0 Å². The number of ether oxygens (including phenoxy) is 2. The zero-order valence-electron chi connectivity index (χ0n) is 9.66. The molecule has 0 spiro atoms. The Kier molecular flexibility index (Phi) is 4.50. The molecule has 0 radical (unpaired) electrons. The smallest absolute Gasteiger partial charge is 0.159 e. The predicted molar refractivity (Wildman–Crippen MR) is 62.2 cm³/mol. The lowest BCUT2D eigenvalue weighted by Crippen LogP contribution is -2.31. The van der Waals surface area contributed by atoms with Crippen molar-refractivity contribution in [3.05, 3.63) is 35.9 Å². The van der Waals surface area contributed by atoms with E-state index >= 15 is 0 Å². The van der Waals surface area contributed by atoms with Crippen LogP contribution in [0.5, 0.6) is 0 Å². The molecule has 0 aromatic heterocycles. The van der Waals surface area contributed by atoms with Gasteiger partial charge in [-0.3, -0.25) is 0 Å². The standard InChI is InChI=1S/C13H18O4/c14-12(11-6-7-17-13(11)15)9-16-8-10-4-2-1-3-5-10/h1-5,11-15H,6-9H2. The van der Waals surface area contributed by atoms with Crippen LogP contribution in [0.2, 0.25) is 0 Å². The van der Waals surface area contributed by atoms with Crippen molar-refractivity contribution in [1.82, 2.24) is 0 Å². The molecule has 1 aliphatic rings. The SMILES string of the molecule is OC(COCc1ccccc1)C1CCOC1O. The normalized spacial score (nSPS) is 26.0. The summed E-state index contributed by atoms with van der Waals surface area (Å²) in [5, 5.41) is 19.3. The first-order valence-electron chi connectivity index (χ1n) is 5.87. The van der Waals surface area contributed by atoms with E-state index in [1.807, 2.05) is 30.3 Å². The Morgan fingerprint density at radius 3 is 2.76 bits per heavy atom. The highest BCUT2D eigenvalue weighted by atomic mass is 16.6. The molecule has 1 aliphatic heterocycles. The van der Waals surface area contributed by atoms with Crippen LogP contribution >= 0.6 is 0 Å². The Morgan fingerprint density at radius 1 is 1.35 bits per heavy atom. The van der Waals surface area contributed by atoms with Crippen molar-refractivity contribution in [3.63, 3.8) is 0 Å². The molecule has 0 bridgehead atoms. The van der Waals surface area contributed by atoms with Crippen molar-refractivity contribution in [2.75, 3.05) is 13.2 Å². The molecule has 1 fully saturated rings. The molecule has 1 saturated heterocycles. The quantitative estimate of drug-likeness (QED) is 0.801. The van der Waals surface area contributed by atoms with E-state index in [1.165, 1.54) is 0 Å². The molecule has 4 nitrogen and oxygen atoms in total. The van der Waals surface area contributed by atoms with Gasteiger partial charge in [0.15, 0.2) is 6.29 Å². The van der Waals surface area contributed by atoms with Crippen molar-refractivity contribution >= 4 is 0 Å². The highest BCUT2D eigenvalue weighted by molar-refractivity contribution is 5.13. The maximum absolute atomic E-state index is 9.83. The second-order valence-corrected chi connectivity index (χ2v) is 4.28. The molecule has 4 heteroatoms. The third-order valence-electron chi connectivity index (χ3n) is 3.00. The largest absolute Gasteiger partial charge is 0.390 e. The molecule has 2 rings (SSSR count). The molecule has 0 amide bonds. The van der Waals surface area contributed by atoms with Crippen molar-refractivity contribution < 1.29 is 19.7 Å². The summed E-state index contributed by atoms with van der Waals surface area (Å²) in [6.45, 7) is 1.20. The Hall–Kier alpha value is -0.940.